The average Bonchev–Trinajstić information content (AvgIpc) is 2.97. The molecule has 2 fully saturated rings. The van der Waals surface area contributed by atoms with Gasteiger partial charge in [0.15, 0.2) is 0 Å². The van der Waals surface area contributed by atoms with Gasteiger partial charge in [-0.1, -0.05) is 13.8 Å². The van der Waals surface area contributed by atoms with Crippen LogP contribution in [0.15, 0.2) is 0 Å². The SMILES string of the molecule is CCCN(C)CC1CCN(C(=O)CC(C)C2CCNCC2)C1.Cl.Cl. The Bertz CT molecular complexity index is 351. The number of hydrogen-bond acceptors (Lipinski definition) is 3. The van der Waals surface area contributed by atoms with Crippen molar-refractivity contribution >= 4 is 30.7 Å². The van der Waals surface area contributed by atoms with Crippen LogP contribution in [0.5, 0.6) is 0 Å². The van der Waals surface area contributed by atoms with Crippen molar-refractivity contribution < 1.29 is 4.79 Å². The van der Waals surface area contributed by atoms with E-state index in [-0.39, 0.29) is 24.8 Å². The van der Waals surface area contributed by atoms with Gasteiger partial charge in [-0.3, -0.25) is 4.79 Å². The molecule has 2 aliphatic heterocycles. The fourth-order valence-electron chi connectivity index (χ4n) is 4.11. The summed E-state index contributed by atoms with van der Waals surface area (Å²) in [5.74, 6) is 2.34. The van der Waals surface area contributed by atoms with E-state index in [1.54, 1.807) is 0 Å². The largest absolute Gasteiger partial charge is 0.342 e. The second-order valence-corrected chi connectivity index (χ2v) is 7.53. The second-order valence-electron chi connectivity index (χ2n) is 7.53. The lowest BCUT2D eigenvalue weighted by Gasteiger charge is -2.29. The van der Waals surface area contributed by atoms with E-state index in [1.807, 2.05) is 0 Å². The van der Waals surface area contributed by atoms with Gasteiger partial charge >= 0.3 is 0 Å². The molecule has 6 heteroatoms. The van der Waals surface area contributed by atoms with E-state index in [9.17, 15) is 4.79 Å². The lowest BCUT2D eigenvalue weighted by Crippen LogP contribution is -2.35. The molecule has 0 radical (unpaired) electrons. The first kappa shape index (κ1) is 24.0. The van der Waals surface area contributed by atoms with Crippen LogP contribution in [0.2, 0.25) is 0 Å². The third kappa shape index (κ3) is 7.47. The van der Waals surface area contributed by atoms with Crippen LogP contribution < -0.4 is 5.32 Å². The first-order chi connectivity index (χ1) is 10.6. The molecule has 0 spiro atoms. The van der Waals surface area contributed by atoms with E-state index in [0.717, 1.165) is 51.6 Å². The van der Waals surface area contributed by atoms with Crippen molar-refractivity contribution in [2.75, 3.05) is 46.3 Å². The number of nitrogens with zero attached hydrogens (tertiary/aromatic N) is 2. The third-order valence-electron chi connectivity index (χ3n) is 5.50. The molecule has 0 aromatic rings. The molecule has 1 amide bonds. The smallest absolute Gasteiger partial charge is 0.222 e. The van der Waals surface area contributed by atoms with Crippen LogP contribution in [0.4, 0.5) is 0 Å². The summed E-state index contributed by atoms with van der Waals surface area (Å²) in [7, 11) is 2.20. The Morgan fingerprint density at radius 2 is 1.92 bits per heavy atom. The maximum atomic E-state index is 12.6. The van der Waals surface area contributed by atoms with Gasteiger partial charge in [0.1, 0.15) is 0 Å². The van der Waals surface area contributed by atoms with Crippen LogP contribution >= 0.6 is 24.8 Å². The molecule has 2 unspecified atom stereocenters. The summed E-state index contributed by atoms with van der Waals surface area (Å²) in [6.07, 6.45) is 5.61. The summed E-state index contributed by atoms with van der Waals surface area (Å²) < 4.78 is 0. The number of carbonyl (C=O) groups excluding carboxylic acids is 1. The normalized spacial score (nSPS) is 22.8. The number of hydrogen-bond donors (Lipinski definition) is 1. The van der Waals surface area contributed by atoms with E-state index < -0.39 is 0 Å². The lowest BCUT2D eigenvalue weighted by atomic mass is 9.84. The molecule has 2 aliphatic rings. The first-order valence-electron chi connectivity index (χ1n) is 9.27. The molecule has 4 nitrogen and oxygen atoms in total. The van der Waals surface area contributed by atoms with Gasteiger partial charge in [-0.25, -0.2) is 0 Å². The molecule has 0 aromatic carbocycles. The highest BCUT2D eigenvalue weighted by molar-refractivity contribution is 5.85. The van der Waals surface area contributed by atoms with Crippen molar-refractivity contribution in [3.63, 3.8) is 0 Å². The molecule has 0 aliphatic carbocycles. The summed E-state index contributed by atoms with van der Waals surface area (Å²) in [5, 5.41) is 3.41. The van der Waals surface area contributed by atoms with Gasteiger partial charge < -0.3 is 15.1 Å². The molecule has 0 aromatic heterocycles. The molecule has 2 heterocycles. The zero-order chi connectivity index (χ0) is 15.9. The molecule has 1 N–H and O–H groups in total. The summed E-state index contributed by atoms with van der Waals surface area (Å²) in [5.41, 5.74) is 0. The Hall–Kier alpha value is -0.0300. The Labute approximate surface area is 160 Å². The highest BCUT2D eigenvalue weighted by Gasteiger charge is 2.29. The van der Waals surface area contributed by atoms with E-state index in [1.165, 1.54) is 25.7 Å². The molecule has 144 valence electrons. The number of carbonyl (C=O) groups is 1. The van der Waals surface area contributed by atoms with E-state index in [4.69, 9.17) is 0 Å². The van der Waals surface area contributed by atoms with E-state index in [0.29, 0.717) is 17.7 Å². The van der Waals surface area contributed by atoms with Crippen LogP contribution in [0, 0.1) is 17.8 Å². The van der Waals surface area contributed by atoms with Crippen LogP contribution in [0.3, 0.4) is 0 Å². The minimum atomic E-state index is 0. The summed E-state index contributed by atoms with van der Waals surface area (Å²) >= 11 is 0. The molecular weight excluding hydrogens is 345 g/mol. The standard InChI is InChI=1S/C18H35N3O.2ClH/c1-4-10-20(3)13-16-7-11-21(14-16)18(22)12-15(2)17-5-8-19-9-6-17;;/h15-17,19H,4-14H2,1-3H3;2*1H. The summed E-state index contributed by atoms with van der Waals surface area (Å²) in [4.78, 5) is 17.1. The number of likely N-dealkylation sites (tertiary alicyclic amines) is 1. The summed E-state index contributed by atoms with van der Waals surface area (Å²) in [6, 6.07) is 0. The third-order valence-corrected chi connectivity index (χ3v) is 5.50. The Kier molecular flexibility index (Phi) is 12.3. The molecule has 2 rings (SSSR count). The Morgan fingerprint density at radius 1 is 1.25 bits per heavy atom. The van der Waals surface area contributed by atoms with Gasteiger partial charge in [-0.05, 0) is 70.1 Å². The van der Waals surface area contributed by atoms with Crippen molar-refractivity contribution in [2.24, 2.45) is 17.8 Å². The average molecular weight is 382 g/mol. The highest BCUT2D eigenvalue weighted by Crippen LogP contribution is 2.26. The maximum absolute atomic E-state index is 12.6. The molecule has 0 saturated carbocycles. The fourth-order valence-corrected chi connectivity index (χ4v) is 4.11. The topological polar surface area (TPSA) is 35.6 Å². The van der Waals surface area contributed by atoms with Crippen LogP contribution in [-0.2, 0) is 4.79 Å². The van der Waals surface area contributed by atoms with Gasteiger partial charge in [0.2, 0.25) is 5.91 Å². The Morgan fingerprint density at radius 3 is 2.54 bits per heavy atom. The Balaban J connectivity index is 0.00000264. The minimum absolute atomic E-state index is 0. The van der Waals surface area contributed by atoms with E-state index in [2.05, 4.69) is 36.0 Å². The first-order valence-corrected chi connectivity index (χ1v) is 9.27. The van der Waals surface area contributed by atoms with Gasteiger partial charge in [0.25, 0.3) is 0 Å². The zero-order valence-corrected chi connectivity index (χ0v) is 17.3. The van der Waals surface area contributed by atoms with Gasteiger partial charge in [0.05, 0.1) is 0 Å². The zero-order valence-electron chi connectivity index (χ0n) is 15.6. The van der Waals surface area contributed by atoms with Crippen LogP contribution in [-0.4, -0.2) is 62.0 Å². The van der Waals surface area contributed by atoms with Crippen molar-refractivity contribution in [1.82, 2.24) is 15.1 Å². The lowest BCUT2D eigenvalue weighted by molar-refractivity contribution is -0.131. The number of halogens is 2. The molecular formula is C18H37Cl2N3O. The van der Waals surface area contributed by atoms with Gasteiger partial charge in [0, 0.05) is 26.1 Å². The van der Waals surface area contributed by atoms with Crippen LogP contribution in [0.25, 0.3) is 0 Å². The van der Waals surface area contributed by atoms with E-state index >= 15 is 0 Å². The highest BCUT2D eigenvalue weighted by atomic mass is 35.5. The molecule has 2 saturated heterocycles. The fraction of sp³-hybridized carbons (Fsp3) is 0.944. The quantitative estimate of drug-likeness (QED) is 0.735. The van der Waals surface area contributed by atoms with Crippen molar-refractivity contribution in [3.8, 4) is 0 Å². The summed E-state index contributed by atoms with van der Waals surface area (Å²) in [6.45, 7) is 11.0. The van der Waals surface area contributed by atoms with Crippen molar-refractivity contribution in [3.05, 3.63) is 0 Å². The van der Waals surface area contributed by atoms with Crippen LogP contribution in [0.1, 0.15) is 46.0 Å². The second kappa shape index (κ2) is 12.3. The molecule has 2 atom stereocenters. The van der Waals surface area contributed by atoms with Gasteiger partial charge in [-0.2, -0.15) is 0 Å². The number of nitrogens with one attached hydrogen (secondary N) is 1. The predicted octanol–water partition coefficient (Wildman–Crippen LogP) is 3.05. The maximum Gasteiger partial charge on any atom is 0.222 e. The minimum Gasteiger partial charge on any atom is -0.342 e. The number of rotatable bonds is 7. The van der Waals surface area contributed by atoms with Gasteiger partial charge in [-0.15, -0.1) is 24.8 Å². The monoisotopic (exact) mass is 381 g/mol. The number of amides is 1. The number of piperidine rings is 1. The molecule has 0 bridgehead atoms. The van der Waals surface area contributed by atoms with Crippen molar-refractivity contribution in [1.29, 1.82) is 0 Å². The predicted molar refractivity (Wildman–Crippen MR) is 106 cm³/mol. The van der Waals surface area contributed by atoms with Crippen molar-refractivity contribution in [2.45, 2.75) is 46.0 Å². The molecule has 24 heavy (non-hydrogen) atoms.